The number of fused-ring (bicyclic) bond motifs is 1. The van der Waals surface area contributed by atoms with E-state index in [-0.39, 0.29) is 5.28 Å². The van der Waals surface area contributed by atoms with E-state index in [2.05, 4.69) is 37.0 Å². The van der Waals surface area contributed by atoms with Gasteiger partial charge in [-0.05, 0) is 33.6 Å². The maximum absolute atomic E-state index is 9.14. The molecular formula is C13H6BrClN4. The number of nitrogens with one attached hydrogen (secondary N) is 1. The summed E-state index contributed by atoms with van der Waals surface area (Å²) in [6, 6.07) is 7.92. The fourth-order valence-corrected chi connectivity index (χ4v) is 2.57. The molecule has 92 valence electrons. The summed E-state index contributed by atoms with van der Waals surface area (Å²) in [6.07, 6.45) is 3.25. The Bertz CT molecular complexity index is 819. The number of H-pyrrole nitrogens is 1. The van der Waals surface area contributed by atoms with Gasteiger partial charge >= 0.3 is 0 Å². The molecule has 0 aliphatic heterocycles. The summed E-state index contributed by atoms with van der Waals surface area (Å²) < 4.78 is 0.954. The van der Waals surface area contributed by atoms with Crippen LogP contribution in [-0.2, 0) is 0 Å². The molecule has 19 heavy (non-hydrogen) atoms. The van der Waals surface area contributed by atoms with E-state index in [1.165, 1.54) is 6.20 Å². The molecule has 3 rings (SSSR count). The molecule has 0 saturated heterocycles. The minimum absolute atomic E-state index is 0.123. The van der Waals surface area contributed by atoms with E-state index >= 15 is 0 Å². The van der Waals surface area contributed by atoms with E-state index in [0.29, 0.717) is 11.3 Å². The van der Waals surface area contributed by atoms with Gasteiger partial charge in [0.25, 0.3) is 0 Å². The Hall–Kier alpha value is -1.90. The first-order valence-corrected chi connectivity index (χ1v) is 6.56. The highest BCUT2D eigenvalue weighted by Gasteiger charge is 2.14. The van der Waals surface area contributed by atoms with Gasteiger partial charge in [0.1, 0.15) is 6.07 Å². The average Bonchev–Trinajstić information content (AvgIpc) is 2.84. The van der Waals surface area contributed by atoms with Gasteiger partial charge in [-0.25, -0.2) is 9.97 Å². The zero-order chi connectivity index (χ0) is 13.4. The zero-order valence-corrected chi connectivity index (χ0v) is 11.8. The third-order valence-corrected chi connectivity index (χ3v) is 3.64. The first-order chi connectivity index (χ1) is 9.20. The largest absolute Gasteiger partial charge is 0.360 e. The van der Waals surface area contributed by atoms with Crippen LogP contribution in [0, 0.1) is 11.3 Å². The molecule has 0 aliphatic rings. The highest BCUT2D eigenvalue weighted by atomic mass is 79.9. The van der Waals surface area contributed by atoms with Crippen molar-refractivity contribution in [2.45, 2.75) is 0 Å². The van der Waals surface area contributed by atoms with Crippen molar-refractivity contribution in [3.63, 3.8) is 0 Å². The van der Waals surface area contributed by atoms with Crippen molar-refractivity contribution < 1.29 is 0 Å². The topological polar surface area (TPSA) is 65.4 Å². The monoisotopic (exact) mass is 332 g/mol. The van der Waals surface area contributed by atoms with E-state index < -0.39 is 0 Å². The molecule has 0 saturated carbocycles. The van der Waals surface area contributed by atoms with Gasteiger partial charge in [0.15, 0.2) is 0 Å². The lowest BCUT2D eigenvalue weighted by Crippen LogP contribution is -1.91. The van der Waals surface area contributed by atoms with E-state index in [0.717, 1.165) is 20.9 Å². The second-order valence-electron chi connectivity index (χ2n) is 3.88. The highest BCUT2D eigenvalue weighted by Crippen LogP contribution is 2.32. The Morgan fingerprint density at radius 3 is 3.00 bits per heavy atom. The van der Waals surface area contributed by atoms with Gasteiger partial charge < -0.3 is 4.98 Å². The maximum Gasteiger partial charge on any atom is 0.222 e. The number of nitrogens with zero attached hydrogens (tertiary/aromatic N) is 3. The van der Waals surface area contributed by atoms with Gasteiger partial charge in [-0.15, -0.1) is 0 Å². The molecule has 0 unspecified atom stereocenters. The first-order valence-electron chi connectivity index (χ1n) is 5.39. The van der Waals surface area contributed by atoms with E-state index in [1.807, 2.05) is 24.4 Å². The van der Waals surface area contributed by atoms with Crippen LogP contribution in [0.2, 0.25) is 5.28 Å². The van der Waals surface area contributed by atoms with Crippen LogP contribution < -0.4 is 0 Å². The smallest absolute Gasteiger partial charge is 0.222 e. The molecule has 1 aromatic carbocycles. The Morgan fingerprint density at radius 1 is 1.37 bits per heavy atom. The number of hydrogen-bond acceptors (Lipinski definition) is 3. The Labute approximate surface area is 122 Å². The maximum atomic E-state index is 9.14. The second kappa shape index (κ2) is 4.65. The number of aromatic nitrogens is 3. The van der Waals surface area contributed by atoms with Gasteiger partial charge in [0, 0.05) is 21.6 Å². The molecule has 0 atom stereocenters. The Balaban J connectivity index is 2.34. The van der Waals surface area contributed by atoms with Crippen LogP contribution >= 0.6 is 27.5 Å². The Morgan fingerprint density at radius 2 is 2.21 bits per heavy atom. The fourth-order valence-electron chi connectivity index (χ4n) is 1.96. The van der Waals surface area contributed by atoms with Gasteiger partial charge in [0.2, 0.25) is 5.28 Å². The summed E-state index contributed by atoms with van der Waals surface area (Å²) >= 11 is 9.30. The predicted octanol–water partition coefficient (Wildman–Crippen LogP) is 3.91. The van der Waals surface area contributed by atoms with E-state index in [9.17, 15) is 0 Å². The minimum Gasteiger partial charge on any atom is -0.360 e. The average molecular weight is 334 g/mol. The highest BCUT2D eigenvalue weighted by molar-refractivity contribution is 9.10. The fraction of sp³-hybridized carbons (Fsp3) is 0. The summed E-state index contributed by atoms with van der Waals surface area (Å²) in [4.78, 5) is 11.2. The van der Waals surface area contributed by atoms with Crippen LogP contribution in [0.15, 0.2) is 35.1 Å². The lowest BCUT2D eigenvalue weighted by atomic mass is 10.1. The summed E-state index contributed by atoms with van der Waals surface area (Å²) in [7, 11) is 0. The number of halogens is 2. The van der Waals surface area contributed by atoms with Crippen molar-refractivity contribution in [2.24, 2.45) is 0 Å². The van der Waals surface area contributed by atoms with Gasteiger partial charge in [-0.3, -0.25) is 0 Å². The van der Waals surface area contributed by atoms with Crippen LogP contribution in [0.1, 0.15) is 5.56 Å². The molecule has 3 aromatic rings. The van der Waals surface area contributed by atoms with Crippen molar-refractivity contribution in [1.29, 1.82) is 5.26 Å². The number of nitriles is 1. The normalized spacial score (nSPS) is 10.6. The van der Waals surface area contributed by atoms with Gasteiger partial charge in [-0.1, -0.05) is 12.1 Å². The van der Waals surface area contributed by atoms with Crippen LogP contribution in [0.25, 0.3) is 22.2 Å². The number of para-hydroxylation sites is 1. The quantitative estimate of drug-likeness (QED) is 0.687. The van der Waals surface area contributed by atoms with Crippen LogP contribution in [0.3, 0.4) is 0 Å². The molecule has 0 bridgehead atoms. The van der Waals surface area contributed by atoms with Crippen molar-refractivity contribution in [3.8, 4) is 17.3 Å². The van der Waals surface area contributed by atoms with Crippen molar-refractivity contribution >= 4 is 38.4 Å². The predicted molar refractivity (Wildman–Crippen MR) is 76.7 cm³/mol. The standard InChI is InChI=1S/C13H6BrClN4/c14-10-3-1-2-8-9(6-17-12(8)10)11-7(4-16)5-18-13(15)19-11/h1-3,5-6,17H. The third-order valence-electron chi connectivity index (χ3n) is 2.80. The second-order valence-corrected chi connectivity index (χ2v) is 5.07. The summed E-state index contributed by atoms with van der Waals surface area (Å²) in [5, 5.41) is 10.2. The van der Waals surface area contributed by atoms with Crippen molar-refractivity contribution in [2.75, 3.05) is 0 Å². The molecule has 2 heterocycles. The molecule has 4 nitrogen and oxygen atoms in total. The van der Waals surface area contributed by atoms with Crippen LogP contribution in [-0.4, -0.2) is 15.0 Å². The summed E-state index contributed by atoms with van der Waals surface area (Å²) in [5.41, 5.74) is 2.71. The third kappa shape index (κ3) is 1.99. The van der Waals surface area contributed by atoms with Crippen molar-refractivity contribution in [1.82, 2.24) is 15.0 Å². The lowest BCUT2D eigenvalue weighted by Gasteiger charge is -2.02. The number of rotatable bonds is 1. The molecular weight excluding hydrogens is 328 g/mol. The molecule has 0 spiro atoms. The molecule has 6 heteroatoms. The molecule has 0 fully saturated rings. The Kier molecular flexibility index (Phi) is 2.97. The summed E-state index contributed by atoms with van der Waals surface area (Å²) in [6.45, 7) is 0. The minimum atomic E-state index is 0.123. The molecule has 2 aromatic heterocycles. The first kappa shape index (κ1) is 12.2. The summed E-state index contributed by atoms with van der Waals surface area (Å²) in [5.74, 6) is 0. The van der Waals surface area contributed by atoms with Crippen LogP contribution in [0.4, 0.5) is 0 Å². The number of aromatic amines is 1. The van der Waals surface area contributed by atoms with E-state index in [1.54, 1.807) is 0 Å². The SMILES string of the molecule is N#Cc1cnc(Cl)nc1-c1c[nH]c2c(Br)cccc12. The zero-order valence-electron chi connectivity index (χ0n) is 9.48. The molecule has 1 N–H and O–H groups in total. The number of hydrogen-bond donors (Lipinski definition) is 1. The number of benzene rings is 1. The molecule has 0 amide bonds. The molecule has 0 radical (unpaired) electrons. The lowest BCUT2D eigenvalue weighted by molar-refractivity contribution is 1.16. The van der Waals surface area contributed by atoms with Crippen molar-refractivity contribution in [3.05, 3.63) is 45.9 Å². The van der Waals surface area contributed by atoms with E-state index in [4.69, 9.17) is 16.9 Å². The van der Waals surface area contributed by atoms with Crippen LogP contribution in [0.5, 0.6) is 0 Å². The molecule has 0 aliphatic carbocycles. The van der Waals surface area contributed by atoms with Gasteiger partial charge in [-0.2, -0.15) is 5.26 Å². The van der Waals surface area contributed by atoms with Gasteiger partial charge in [0.05, 0.1) is 23.0 Å².